The lowest BCUT2D eigenvalue weighted by Gasteiger charge is -2.26. The van der Waals surface area contributed by atoms with Crippen molar-refractivity contribution in [2.45, 2.75) is 19.9 Å². The first-order chi connectivity index (χ1) is 8.32. The van der Waals surface area contributed by atoms with E-state index in [1.54, 1.807) is 17.0 Å². The van der Waals surface area contributed by atoms with Gasteiger partial charge in [-0.25, -0.2) is 0 Å². The Balaban J connectivity index is 3.02. The van der Waals surface area contributed by atoms with Gasteiger partial charge in [-0.2, -0.15) is 0 Å². The maximum atomic E-state index is 12.3. The summed E-state index contributed by atoms with van der Waals surface area (Å²) in [6.07, 6.45) is 0. The molecule has 0 heterocycles. The van der Waals surface area contributed by atoms with Gasteiger partial charge in [-0.1, -0.05) is 12.2 Å². The van der Waals surface area contributed by atoms with E-state index < -0.39 is 0 Å². The Morgan fingerprint density at radius 3 is 2.61 bits per heavy atom. The number of hydrogen-bond acceptors (Lipinski definition) is 3. The summed E-state index contributed by atoms with van der Waals surface area (Å²) < 4.78 is 0.546. The van der Waals surface area contributed by atoms with Crippen molar-refractivity contribution in [2.24, 2.45) is 5.73 Å². The third kappa shape index (κ3) is 3.68. The van der Waals surface area contributed by atoms with Gasteiger partial charge in [-0.15, -0.1) is 0 Å². The Morgan fingerprint density at radius 1 is 1.56 bits per heavy atom. The summed E-state index contributed by atoms with van der Waals surface area (Å²) in [6, 6.07) is 4.66. The van der Waals surface area contributed by atoms with Crippen LogP contribution in [0.1, 0.15) is 24.2 Å². The third-order valence-corrected chi connectivity index (χ3v) is 3.20. The van der Waals surface area contributed by atoms with Crippen molar-refractivity contribution in [3.8, 4) is 5.75 Å². The van der Waals surface area contributed by atoms with Crippen molar-refractivity contribution in [3.05, 3.63) is 28.2 Å². The van der Waals surface area contributed by atoms with E-state index >= 15 is 0 Å². The molecule has 98 valence electrons. The summed E-state index contributed by atoms with van der Waals surface area (Å²) in [5.41, 5.74) is 5.89. The number of hydrogen-bond donors (Lipinski definition) is 2. The molecule has 1 rings (SSSR count). The molecule has 6 heteroatoms. The Hall–Kier alpha value is -1.14. The lowest BCUT2D eigenvalue weighted by Crippen LogP contribution is -2.42. The van der Waals surface area contributed by atoms with Crippen LogP contribution < -0.4 is 5.73 Å². The molecule has 18 heavy (non-hydrogen) atoms. The maximum absolute atomic E-state index is 12.3. The minimum Gasteiger partial charge on any atom is -0.507 e. The molecule has 0 atom stereocenters. The molecule has 0 radical (unpaired) electrons. The van der Waals surface area contributed by atoms with Gasteiger partial charge in [0.2, 0.25) is 0 Å². The van der Waals surface area contributed by atoms with Gasteiger partial charge < -0.3 is 15.7 Å². The molecule has 0 aromatic heterocycles. The number of phenolic OH excluding ortho intramolecular Hbond substituents is 1. The average molecular weight is 331 g/mol. The normalized spacial score (nSPS) is 10.4. The monoisotopic (exact) mass is 330 g/mol. The van der Waals surface area contributed by atoms with Crippen LogP contribution in [0.5, 0.6) is 5.75 Å². The first-order valence-electron chi connectivity index (χ1n) is 5.40. The van der Waals surface area contributed by atoms with Gasteiger partial charge in [0, 0.05) is 11.6 Å². The fourth-order valence-corrected chi connectivity index (χ4v) is 1.85. The highest BCUT2D eigenvalue weighted by Gasteiger charge is 2.20. The van der Waals surface area contributed by atoms with E-state index in [9.17, 15) is 9.90 Å². The molecule has 1 amide bonds. The van der Waals surface area contributed by atoms with Gasteiger partial charge >= 0.3 is 0 Å². The first kappa shape index (κ1) is 14.9. The van der Waals surface area contributed by atoms with E-state index in [2.05, 4.69) is 15.9 Å². The highest BCUT2D eigenvalue weighted by atomic mass is 79.9. The molecule has 0 spiro atoms. The summed E-state index contributed by atoms with van der Waals surface area (Å²) in [5, 5.41) is 9.58. The molecular formula is C12H15BrN2O2S. The molecule has 0 unspecified atom stereocenters. The van der Waals surface area contributed by atoms with Crippen LogP contribution in [-0.4, -0.2) is 33.5 Å². The largest absolute Gasteiger partial charge is 0.507 e. The van der Waals surface area contributed by atoms with Crippen molar-refractivity contribution in [1.82, 2.24) is 4.90 Å². The number of phenols is 1. The van der Waals surface area contributed by atoms with Gasteiger partial charge in [0.1, 0.15) is 5.75 Å². The number of aromatic hydroxyl groups is 1. The van der Waals surface area contributed by atoms with Gasteiger partial charge in [-0.05, 0) is 48.0 Å². The number of rotatable bonds is 4. The van der Waals surface area contributed by atoms with E-state index in [4.69, 9.17) is 18.0 Å². The van der Waals surface area contributed by atoms with E-state index in [0.29, 0.717) is 10.0 Å². The summed E-state index contributed by atoms with van der Waals surface area (Å²) in [4.78, 5) is 14.1. The van der Waals surface area contributed by atoms with E-state index in [0.717, 1.165) is 0 Å². The van der Waals surface area contributed by atoms with Crippen LogP contribution in [-0.2, 0) is 0 Å². The van der Waals surface area contributed by atoms with E-state index in [-0.39, 0.29) is 29.2 Å². The van der Waals surface area contributed by atoms with Crippen LogP contribution in [0.4, 0.5) is 0 Å². The number of amides is 1. The minimum absolute atomic E-state index is 0.0233. The number of nitrogens with two attached hydrogens (primary N) is 1. The van der Waals surface area contributed by atoms with Crippen molar-refractivity contribution < 1.29 is 9.90 Å². The number of carbonyl (C=O) groups excluding carboxylic acids is 1. The zero-order chi connectivity index (χ0) is 13.9. The number of halogens is 1. The Morgan fingerprint density at radius 2 is 2.17 bits per heavy atom. The van der Waals surface area contributed by atoms with Gasteiger partial charge in [-0.3, -0.25) is 4.79 Å². The summed E-state index contributed by atoms with van der Waals surface area (Å²) in [7, 11) is 0. The molecular weight excluding hydrogens is 316 g/mol. The van der Waals surface area contributed by atoms with Crippen LogP contribution in [0.25, 0.3) is 0 Å². The average Bonchev–Trinajstić information content (AvgIpc) is 2.28. The van der Waals surface area contributed by atoms with Crippen LogP contribution in [0.3, 0.4) is 0 Å². The van der Waals surface area contributed by atoms with Crippen molar-refractivity contribution >= 4 is 39.0 Å². The third-order valence-electron chi connectivity index (χ3n) is 2.40. The van der Waals surface area contributed by atoms with Crippen molar-refractivity contribution in [1.29, 1.82) is 0 Å². The SMILES string of the molecule is CC(C)N(CC(N)=S)C(=O)c1ccc(Br)c(O)c1. The molecule has 0 saturated carbocycles. The standard InChI is InChI=1S/C12H15BrN2O2S/c1-7(2)15(6-11(14)18)12(17)8-3-4-9(13)10(16)5-8/h3-5,7,16H,6H2,1-2H3,(H2,14,18). The highest BCUT2D eigenvalue weighted by Crippen LogP contribution is 2.25. The number of carbonyl (C=O) groups is 1. The lowest BCUT2D eigenvalue weighted by atomic mass is 10.1. The van der Waals surface area contributed by atoms with E-state index in [1.165, 1.54) is 6.07 Å². The zero-order valence-electron chi connectivity index (χ0n) is 10.2. The summed E-state index contributed by atoms with van der Waals surface area (Å²) in [5.74, 6) is -0.180. The first-order valence-corrected chi connectivity index (χ1v) is 6.61. The van der Waals surface area contributed by atoms with Crippen LogP contribution in [0, 0.1) is 0 Å². The lowest BCUT2D eigenvalue weighted by molar-refractivity contribution is 0.0735. The van der Waals surface area contributed by atoms with Gasteiger partial charge in [0.05, 0.1) is 16.0 Å². The Bertz CT molecular complexity index is 477. The van der Waals surface area contributed by atoms with Crippen molar-refractivity contribution in [3.63, 3.8) is 0 Å². The highest BCUT2D eigenvalue weighted by molar-refractivity contribution is 9.10. The predicted octanol–water partition coefficient (Wildman–Crippen LogP) is 2.29. The maximum Gasteiger partial charge on any atom is 0.254 e. The molecule has 1 aromatic rings. The van der Waals surface area contributed by atoms with Gasteiger partial charge in [0.15, 0.2) is 0 Å². The Kier molecular flexibility index (Phi) is 5.10. The summed E-state index contributed by atoms with van der Waals surface area (Å²) in [6.45, 7) is 3.99. The van der Waals surface area contributed by atoms with Gasteiger partial charge in [0.25, 0.3) is 5.91 Å². The number of thiocarbonyl (C=S) groups is 1. The molecule has 3 N–H and O–H groups in total. The topological polar surface area (TPSA) is 66.6 Å². The molecule has 1 aromatic carbocycles. The second-order valence-corrected chi connectivity index (χ2v) is 5.54. The Labute approximate surface area is 120 Å². The molecule has 0 fully saturated rings. The second kappa shape index (κ2) is 6.15. The summed E-state index contributed by atoms with van der Waals surface area (Å²) >= 11 is 8.00. The van der Waals surface area contributed by atoms with E-state index in [1.807, 2.05) is 13.8 Å². The minimum atomic E-state index is -0.208. The van der Waals surface area contributed by atoms with Crippen molar-refractivity contribution in [2.75, 3.05) is 6.54 Å². The molecule has 0 bridgehead atoms. The fraction of sp³-hybridized carbons (Fsp3) is 0.333. The second-order valence-electron chi connectivity index (χ2n) is 4.16. The molecule has 0 aliphatic carbocycles. The number of nitrogens with zero attached hydrogens (tertiary/aromatic N) is 1. The zero-order valence-corrected chi connectivity index (χ0v) is 12.6. The quantitative estimate of drug-likeness (QED) is 0.831. The molecule has 0 saturated heterocycles. The molecule has 0 aliphatic heterocycles. The number of benzene rings is 1. The van der Waals surface area contributed by atoms with Crippen LogP contribution in [0.15, 0.2) is 22.7 Å². The predicted molar refractivity (Wildman–Crippen MR) is 78.8 cm³/mol. The smallest absolute Gasteiger partial charge is 0.254 e. The molecule has 4 nitrogen and oxygen atoms in total. The fourth-order valence-electron chi connectivity index (χ4n) is 1.47. The van der Waals surface area contributed by atoms with Crippen LogP contribution >= 0.6 is 28.1 Å². The molecule has 0 aliphatic rings. The van der Waals surface area contributed by atoms with Crippen LogP contribution in [0.2, 0.25) is 0 Å².